The number of nitrogens with one attached hydrogen (secondary N) is 1. The highest BCUT2D eigenvalue weighted by molar-refractivity contribution is 5.98. The second-order valence-corrected chi connectivity index (χ2v) is 9.33. The average Bonchev–Trinajstić information content (AvgIpc) is 2.76. The lowest BCUT2D eigenvalue weighted by Crippen LogP contribution is -2.51. The highest BCUT2D eigenvalue weighted by Gasteiger charge is 2.35. The van der Waals surface area contributed by atoms with Gasteiger partial charge in [-0.3, -0.25) is 14.4 Å². The first-order valence-electron chi connectivity index (χ1n) is 11.9. The normalized spacial score (nSPS) is 24.6. The highest BCUT2D eigenvalue weighted by atomic mass is 16.5. The summed E-state index contributed by atoms with van der Waals surface area (Å²) in [5, 5.41) is 2.82. The highest BCUT2D eigenvalue weighted by Crippen LogP contribution is 2.31. The molecule has 3 rings (SSSR count). The molecule has 8 heteroatoms. The van der Waals surface area contributed by atoms with E-state index in [9.17, 15) is 14.4 Å². The number of methoxy groups -OCH3 is 1. The summed E-state index contributed by atoms with van der Waals surface area (Å²) in [7, 11) is 3.38. The van der Waals surface area contributed by atoms with Crippen molar-refractivity contribution in [2.45, 2.75) is 58.6 Å². The van der Waals surface area contributed by atoms with E-state index in [-0.39, 0.29) is 48.3 Å². The van der Waals surface area contributed by atoms with E-state index >= 15 is 0 Å². The quantitative estimate of drug-likeness (QED) is 0.747. The van der Waals surface area contributed by atoms with Crippen LogP contribution in [0.4, 0.5) is 5.69 Å². The van der Waals surface area contributed by atoms with E-state index < -0.39 is 0 Å². The molecule has 0 spiro atoms. The van der Waals surface area contributed by atoms with E-state index in [1.807, 2.05) is 11.8 Å². The van der Waals surface area contributed by atoms with Crippen molar-refractivity contribution in [1.29, 1.82) is 0 Å². The maximum atomic E-state index is 13.2. The molecule has 1 aromatic rings. The Hall–Kier alpha value is -2.61. The zero-order valence-electron chi connectivity index (χ0n) is 20.4. The van der Waals surface area contributed by atoms with Crippen molar-refractivity contribution in [3.63, 3.8) is 0 Å². The van der Waals surface area contributed by atoms with Crippen molar-refractivity contribution in [2.24, 2.45) is 11.8 Å². The van der Waals surface area contributed by atoms with E-state index in [0.29, 0.717) is 36.5 Å². The standard InChI is InChI=1S/C25H37N3O5/c1-6-23(29)26-19-10-11-20-21(12-19)33-15-17(3)28(24(30)18-8-7-9-18)13-16(2)22(32-5)14-27(4)25(20)31/h10-12,16-18,22H,6-9,13-15H2,1-5H3,(H,26,29)/t16-,17+,22+/m1/s1. The van der Waals surface area contributed by atoms with Crippen molar-refractivity contribution >= 4 is 23.4 Å². The topological polar surface area (TPSA) is 88.2 Å². The monoisotopic (exact) mass is 459 g/mol. The fourth-order valence-electron chi connectivity index (χ4n) is 4.30. The van der Waals surface area contributed by atoms with Crippen LogP contribution in [0.3, 0.4) is 0 Å². The molecule has 1 heterocycles. The van der Waals surface area contributed by atoms with Gasteiger partial charge in [-0.05, 0) is 31.9 Å². The molecule has 1 fully saturated rings. The molecule has 1 aliphatic carbocycles. The van der Waals surface area contributed by atoms with Crippen LogP contribution in [0, 0.1) is 11.8 Å². The molecule has 0 aromatic heterocycles. The van der Waals surface area contributed by atoms with Crippen molar-refractivity contribution in [1.82, 2.24) is 9.80 Å². The number of carbonyl (C=O) groups excluding carboxylic acids is 3. The fraction of sp³-hybridized carbons (Fsp3) is 0.640. The Labute approximate surface area is 196 Å². The smallest absolute Gasteiger partial charge is 0.257 e. The number of carbonyl (C=O) groups is 3. The summed E-state index contributed by atoms with van der Waals surface area (Å²) in [4.78, 5) is 41.9. The fourth-order valence-corrected chi connectivity index (χ4v) is 4.30. The van der Waals surface area contributed by atoms with Gasteiger partial charge in [0.25, 0.3) is 5.91 Å². The van der Waals surface area contributed by atoms with Crippen LogP contribution in [-0.4, -0.2) is 73.5 Å². The summed E-state index contributed by atoms with van der Waals surface area (Å²) in [6.45, 7) is 7.00. The van der Waals surface area contributed by atoms with Gasteiger partial charge in [-0.15, -0.1) is 0 Å². The van der Waals surface area contributed by atoms with E-state index in [1.165, 1.54) is 0 Å². The Balaban J connectivity index is 1.94. The molecule has 3 amide bonds. The maximum absolute atomic E-state index is 13.2. The number of benzene rings is 1. The first-order chi connectivity index (χ1) is 15.7. The van der Waals surface area contributed by atoms with Gasteiger partial charge in [0.2, 0.25) is 11.8 Å². The van der Waals surface area contributed by atoms with Gasteiger partial charge in [-0.1, -0.05) is 20.3 Å². The molecule has 2 aliphatic rings. The molecule has 0 bridgehead atoms. The molecule has 33 heavy (non-hydrogen) atoms. The van der Waals surface area contributed by atoms with Gasteiger partial charge < -0.3 is 24.6 Å². The molecule has 8 nitrogen and oxygen atoms in total. The predicted octanol–water partition coefficient (Wildman–Crippen LogP) is 3.17. The van der Waals surface area contributed by atoms with Gasteiger partial charge in [-0.2, -0.15) is 0 Å². The Morgan fingerprint density at radius 3 is 2.55 bits per heavy atom. The number of ether oxygens (including phenoxy) is 2. The molecule has 0 unspecified atom stereocenters. The summed E-state index contributed by atoms with van der Waals surface area (Å²) < 4.78 is 11.9. The number of nitrogens with zero attached hydrogens (tertiary/aromatic N) is 2. The number of hydrogen-bond donors (Lipinski definition) is 1. The second-order valence-electron chi connectivity index (χ2n) is 9.33. The number of rotatable bonds is 4. The van der Waals surface area contributed by atoms with E-state index in [1.54, 1.807) is 44.2 Å². The minimum absolute atomic E-state index is 0.0438. The van der Waals surface area contributed by atoms with Crippen LogP contribution in [0.15, 0.2) is 18.2 Å². The lowest BCUT2D eigenvalue weighted by molar-refractivity contribution is -0.142. The van der Waals surface area contributed by atoms with Gasteiger partial charge in [0.05, 0.1) is 17.7 Å². The van der Waals surface area contributed by atoms with Gasteiger partial charge in [-0.25, -0.2) is 0 Å². The largest absolute Gasteiger partial charge is 0.491 e. The number of hydrogen-bond acceptors (Lipinski definition) is 5. The molecule has 3 atom stereocenters. The summed E-state index contributed by atoms with van der Waals surface area (Å²) in [5.41, 5.74) is 0.987. The van der Waals surface area contributed by atoms with Gasteiger partial charge in [0, 0.05) is 57.3 Å². The van der Waals surface area contributed by atoms with Crippen molar-refractivity contribution < 1.29 is 23.9 Å². The SMILES string of the molecule is CCC(=O)Nc1ccc2c(c1)OC[C@H](C)N(C(=O)C1CCC1)C[C@@H](C)[C@@H](OC)CN(C)C2=O. The lowest BCUT2D eigenvalue weighted by Gasteiger charge is -2.39. The average molecular weight is 460 g/mol. The molecule has 0 radical (unpaired) electrons. The predicted molar refractivity (Wildman–Crippen MR) is 126 cm³/mol. The second kappa shape index (κ2) is 11.0. The molecular weight excluding hydrogens is 422 g/mol. The van der Waals surface area contributed by atoms with E-state index in [0.717, 1.165) is 19.3 Å². The number of likely N-dealkylation sites (N-methyl/N-ethyl adjacent to an activating group) is 1. The van der Waals surface area contributed by atoms with Crippen LogP contribution in [0.5, 0.6) is 5.75 Å². The van der Waals surface area contributed by atoms with Gasteiger partial charge in [0.15, 0.2) is 0 Å². The molecule has 1 saturated carbocycles. The lowest BCUT2D eigenvalue weighted by atomic mass is 9.83. The van der Waals surface area contributed by atoms with Crippen molar-refractivity contribution in [3.05, 3.63) is 23.8 Å². The van der Waals surface area contributed by atoms with Crippen LogP contribution in [0.25, 0.3) is 0 Å². The molecule has 1 N–H and O–H groups in total. The van der Waals surface area contributed by atoms with Crippen LogP contribution in [0.2, 0.25) is 0 Å². The molecular formula is C25H37N3O5. The first-order valence-corrected chi connectivity index (χ1v) is 11.9. The number of fused-ring (bicyclic) bond motifs is 1. The molecule has 1 aromatic carbocycles. The van der Waals surface area contributed by atoms with E-state index in [4.69, 9.17) is 9.47 Å². The maximum Gasteiger partial charge on any atom is 0.257 e. The first kappa shape index (κ1) is 25.0. The molecule has 0 saturated heterocycles. The third-order valence-electron chi connectivity index (χ3n) is 6.79. The Bertz CT molecular complexity index is 870. The van der Waals surface area contributed by atoms with Crippen LogP contribution < -0.4 is 10.1 Å². The van der Waals surface area contributed by atoms with Crippen molar-refractivity contribution in [3.8, 4) is 5.75 Å². The Morgan fingerprint density at radius 1 is 1.21 bits per heavy atom. The van der Waals surface area contributed by atoms with Gasteiger partial charge in [0.1, 0.15) is 12.4 Å². The minimum Gasteiger partial charge on any atom is -0.491 e. The van der Waals surface area contributed by atoms with Gasteiger partial charge >= 0.3 is 0 Å². The minimum atomic E-state index is -0.213. The van der Waals surface area contributed by atoms with Crippen LogP contribution in [-0.2, 0) is 14.3 Å². The molecule has 182 valence electrons. The van der Waals surface area contributed by atoms with Crippen LogP contribution in [0.1, 0.15) is 56.8 Å². The Kier molecular flexibility index (Phi) is 8.35. The number of anilines is 1. The van der Waals surface area contributed by atoms with E-state index in [2.05, 4.69) is 12.2 Å². The summed E-state index contributed by atoms with van der Waals surface area (Å²) in [6, 6.07) is 4.90. The summed E-state index contributed by atoms with van der Waals surface area (Å²) in [6.07, 6.45) is 3.11. The van der Waals surface area contributed by atoms with Crippen molar-refractivity contribution in [2.75, 3.05) is 39.2 Å². The van der Waals surface area contributed by atoms with Crippen LogP contribution >= 0.6 is 0 Å². The molecule has 1 aliphatic heterocycles. The Morgan fingerprint density at radius 2 is 1.94 bits per heavy atom. The summed E-state index contributed by atoms with van der Waals surface area (Å²) >= 11 is 0. The third-order valence-corrected chi connectivity index (χ3v) is 6.79. The summed E-state index contributed by atoms with van der Waals surface area (Å²) in [5.74, 6) is 0.400. The zero-order chi connectivity index (χ0) is 24.1. The third kappa shape index (κ3) is 5.85. The zero-order valence-corrected chi connectivity index (χ0v) is 20.4. The number of amides is 3.